The lowest BCUT2D eigenvalue weighted by Gasteiger charge is -2.00. The van der Waals surface area contributed by atoms with E-state index in [1.165, 1.54) is 12.4 Å². The summed E-state index contributed by atoms with van der Waals surface area (Å²) in [4.78, 5) is 8.38. The molecule has 2 aromatic rings. The largest absolute Gasteiger partial charge is 0.618 e. The summed E-state index contributed by atoms with van der Waals surface area (Å²) in [6.07, 6.45) is 6.01. The first-order valence-corrected chi connectivity index (χ1v) is 7.34. The summed E-state index contributed by atoms with van der Waals surface area (Å²) in [5.41, 5.74) is 1.04. The molecule has 1 N–H and O–H groups in total. The van der Waals surface area contributed by atoms with Gasteiger partial charge in [0.1, 0.15) is 0 Å². The van der Waals surface area contributed by atoms with Crippen LogP contribution in [0.25, 0.3) is 0 Å². The second-order valence-corrected chi connectivity index (χ2v) is 4.72. The molecule has 0 atom stereocenters. The summed E-state index contributed by atoms with van der Waals surface area (Å²) in [7, 11) is 0. The maximum atomic E-state index is 11.4. The van der Waals surface area contributed by atoms with Crippen LogP contribution in [0.5, 0.6) is 0 Å². The van der Waals surface area contributed by atoms with Crippen LogP contribution in [0.3, 0.4) is 0 Å². The van der Waals surface area contributed by atoms with Crippen molar-refractivity contribution in [2.24, 2.45) is 9.98 Å². The van der Waals surface area contributed by atoms with E-state index in [1.54, 1.807) is 48.8 Å². The van der Waals surface area contributed by atoms with E-state index < -0.39 is 0 Å². The van der Waals surface area contributed by atoms with Crippen LogP contribution in [0.2, 0.25) is 0 Å². The van der Waals surface area contributed by atoms with Gasteiger partial charge in [0, 0.05) is 37.4 Å². The molecule has 7 nitrogen and oxygen atoms in total. The van der Waals surface area contributed by atoms with Gasteiger partial charge in [0.25, 0.3) is 0 Å². The van der Waals surface area contributed by atoms with Crippen LogP contribution < -0.4 is 14.8 Å². The second-order valence-electron chi connectivity index (χ2n) is 4.72. The molecule has 23 heavy (non-hydrogen) atoms. The minimum atomic E-state index is 0.519. The fraction of sp³-hybridized carbons (Fsp3) is 0.250. The highest BCUT2D eigenvalue weighted by Gasteiger charge is 1.98. The Morgan fingerprint density at radius 3 is 1.74 bits per heavy atom. The van der Waals surface area contributed by atoms with Crippen molar-refractivity contribution in [3.8, 4) is 0 Å². The quantitative estimate of drug-likeness (QED) is 0.324. The Balaban J connectivity index is 1.60. The lowest BCUT2D eigenvalue weighted by Crippen LogP contribution is -2.30. The maximum absolute atomic E-state index is 11.4. The van der Waals surface area contributed by atoms with Crippen molar-refractivity contribution in [3.05, 3.63) is 70.6 Å². The van der Waals surface area contributed by atoms with Gasteiger partial charge in [-0.2, -0.15) is 9.46 Å². The molecular weight excluding hydrogens is 294 g/mol. The van der Waals surface area contributed by atoms with E-state index in [0.29, 0.717) is 37.6 Å². The van der Waals surface area contributed by atoms with Gasteiger partial charge in [0.2, 0.25) is 11.4 Å². The number of hydrogen-bond donors (Lipinski definition) is 1. The number of nitrogens with one attached hydrogen (secondary N) is 1. The summed E-state index contributed by atoms with van der Waals surface area (Å²) < 4.78 is 1.55. The summed E-state index contributed by atoms with van der Waals surface area (Å²) in [6.45, 7) is 2.56. The van der Waals surface area contributed by atoms with E-state index in [4.69, 9.17) is 0 Å². The molecule has 0 unspecified atom stereocenters. The molecule has 0 radical (unpaired) electrons. The normalized spacial score (nSPS) is 11.5. The molecule has 0 aliphatic rings. The third kappa shape index (κ3) is 5.84. The van der Waals surface area contributed by atoms with Gasteiger partial charge in [0.15, 0.2) is 12.4 Å². The van der Waals surface area contributed by atoms with Gasteiger partial charge < -0.3 is 15.7 Å². The SMILES string of the molecule is [O-][n+]1ccccc1C=NCCNCCN=Cc1cccc[n+]1[O-]. The highest BCUT2D eigenvalue weighted by Crippen LogP contribution is 1.87. The first-order valence-electron chi connectivity index (χ1n) is 7.34. The zero-order valence-electron chi connectivity index (χ0n) is 12.7. The monoisotopic (exact) mass is 313 g/mol. The van der Waals surface area contributed by atoms with E-state index in [0.717, 1.165) is 9.46 Å². The van der Waals surface area contributed by atoms with E-state index >= 15 is 0 Å². The molecule has 0 amide bonds. The Morgan fingerprint density at radius 2 is 1.30 bits per heavy atom. The van der Waals surface area contributed by atoms with Crippen LogP contribution in [0.1, 0.15) is 11.4 Å². The Morgan fingerprint density at radius 1 is 0.826 bits per heavy atom. The fourth-order valence-electron chi connectivity index (χ4n) is 1.81. The third-order valence-corrected chi connectivity index (χ3v) is 2.99. The van der Waals surface area contributed by atoms with Crippen molar-refractivity contribution in [2.75, 3.05) is 26.2 Å². The third-order valence-electron chi connectivity index (χ3n) is 2.99. The molecule has 0 aliphatic heterocycles. The van der Waals surface area contributed by atoms with Crippen LogP contribution in [-0.2, 0) is 0 Å². The Hall–Kier alpha value is -2.80. The van der Waals surface area contributed by atoms with Crippen LogP contribution in [0.15, 0.2) is 58.8 Å². The van der Waals surface area contributed by atoms with Crippen molar-refractivity contribution >= 4 is 12.4 Å². The summed E-state index contributed by atoms with van der Waals surface area (Å²) in [5, 5.41) is 25.9. The van der Waals surface area contributed by atoms with Gasteiger partial charge in [0.05, 0.1) is 25.5 Å². The molecule has 0 aromatic carbocycles. The van der Waals surface area contributed by atoms with E-state index in [1.807, 2.05) is 0 Å². The number of nitrogens with zero attached hydrogens (tertiary/aromatic N) is 4. The molecule has 2 rings (SSSR count). The topological polar surface area (TPSA) is 90.6 Å². The summed E-state index contributed by atoms with van der Waals surface area (Å²) in [6, 6.07) is 10.4. The van der Waals surface area contributed by atoms with Crippen LogP contribution in [-0.4, -0.2) is 38.6 Å². The highest BCUT2D eigenvalue weighted by molar-refractivity contribution is 5.75. The molecule has 7 heteroatoms. The number of pyridine rings is 2. The van der Waals surface area contributed by atoms with Crippen LogP contribution in [0, 0.1) is 10.4 Å². The van der Waals surface area contributed by atoms with Gasteiger partial charge in [-0.1, -0.05) is 0 Å². The molecule has 120 valence electrons. The Kier molecular flexibility index (Phi) is 6.67. The molecule has 0 fully saturated rings. The van der Waals surface area contributed by atoms with Crippen molar-refractivity contribution < 1.29 is 9.46 Å². The van der Waals surface area contributed by atoms with Gasteiger partial charge in [-0.25, -0.2) is 0 Å². The van der Waals surface area contributed by atoms with Gasteiger partial charge in [-0.05, 0) is 12.1 Å². The molecule has 2 aromatic heterocycles. The Bertz CT molecular complexity index is 616. The standard InChI is InChI=1S/C16H19N5O2/c22-20-11-3-1-5-15(20)13-18-9-7-17-8-10-19-14-16-6-2-4-12-21(16)23/h1-6,11-14,17H,7-10H2. The maximum Gasteiger partial charge on any atom is 0.234 e. The number of hydrogen-bond acceptors (Lipinski definition) is 5. The first-order chi connectivity index (χ1) is 11.3. The first kappa shape index (κ1) is 16.6. The predicted octanol–water partition coefficient (Wildman–Crippen LogP) is 0.0810. The zero-order chi connectivity index (χ0) is 16.3. The van der Waals surface area contributed by atoms with E-state index in [-0.39, 0.29) is 0 Å². The zero-order valence-corrected chi connectivity index (χ0v) is 12.7. The van der Waals surface area contributed by atoms with Gasteiger partial charge in [-0.15, -0.1) is 0 Å². The molecule has 0 spiro atoms. The second kappa shape index (κ2) is 9.26. The van der Waals surface area contributed by atoms with Gasteiger partial charge in [-0.3, -0.25) is 9.98 Å². The van der Waals surface area contributed by atoms with Crippen LogP contribution in [0.4, 0.5) is 0 Å². The van der Waals surface area contributed by atoms with Crippen molar-refractivity contribution in [1.29, 1.82) is 0 Å². The molecular formula is C16H19N5O2. The van der Waals surface area contributed by atoms with Gasteiger partial charge >= 0.3 is 0 Å². The average Bonchev–Trinajstić information content (AvgIpc) is 2.56. The van der Waals surface area contributed by atoms with Crippen LogP contribution >= 0.6 is 0 Å². The number of rotatable bonds is 8. The van der Waals surface area contributed by atoms with E-state index in [2.05, 4.69) is 15.3 Å². The fourth-order valence-corrected chi connectivity index (χ4v) is 1.81. The lowest BCUT2D eigenvalue weighted by molar-refractivity contribution is -0.606. The van der Waals surface area contributed by atoms with Crippen molar-refractivity contribution in [3.63, 3.8) is 0 Å². The molecule has 2 heterocycles. The van der Waals surface area contributed by atoms with Crippen molar-refractivity contribution in [1.82, 2.24) is 5.32 Å². The number of aromatic nitrogens is 2. The number of aliphatic imine (C=N–C) groups is 2. The Labute approximate surface area is 134 Å². The summed E-state index contributed by atoms with van der Waals surface area (Å²) in [5.74, 6) is 0. The molecule has 0 bridgehead atoms. The molecule has 0 saturated heterocycles. The minimum Gasteiger partial charge on any atom is -0.618 e. The predicted molar refractivity (Wildman–Crippen MR) is 88.6 cm³/mol. The highest BCUT2D eigenvalue weighted by atomic mass is 16.5. The molecule has 0 aliphatic carbocycles. The lowest BCUT2D eigenvalue weighted by atomic mass is 10.4. The van der Waals surface area contributed by atoms with Crippen molar-refractivity contribution in [2.45, 2.75) is 0 Å². The van der Waals surface area contributed by atoms with E-state index in [9.17, 15) is 10.4 Å². The molecule has 0 saturated carbocycles. The summed E-state index contributed by atoms with van der Waals surface area (Å²) >= 11 is 0. The minimum absolute atomic E-state index is 0.519. The smallest absolute Gasteiger partial charge is 0.234 e. The average molecular weight is 313 g/mol.